The van der Waals surface area contributed by atoms with E-state index in [2.05, 4.69) is 69.3 Å². The number of benzene rings is 3. The number of ketones is 1. The van der Waals surface area contributed by atoms with Crippen LogP contribution < -0.4 is 0 Å². The predicted octanol–water partition coefficient (Wildman–Crippen LogP) is 6.83. The summed E-state index contributed by atoms with van der Waals surface area (Å²) in [6, 6.07) is 20.9. The highest BCUT2D eigenvalue weighted by Gasteiger charge is 2.29. The van der Waals surface area contributed by atoms with Crippen molar-refractivity contribution in [3.05, 3.63) is 94.0 Å². The summed E-state index contributed by atoms with van der Waals surface area (Å²) < 4.78 is 0. The second-order valence-corrected chi connectivity index (χ2v) is 9.06. The van der Waals surface area contributed by atoms with E-state index in [0.717, 1.165) is 27.1 Å². The van der Waals surface area contributed by atoms with E-state index in [0.29, 0.717) is 5.92 Å². The van der Waals surface area contributed by atoms with Gasteiger partial charge >= 0.3 is 0 Å². The zero-order valence-electron chi connectivity index (χ0n) is 15.7. The number of aryl methyl sites for hydroxylation is 1. The van der Waals surface area contributed by atoms with Crippen molar-refractivity contribution in [2.24, 2.45) is 0 Å². The van der Waals surface area contributed by atoms with E-state index < -0.39 is 0 Å². The van der Waals surface area contributed by atoms with Gasteiger partial charge in [-0.3, -0.25) is 4.79 Å². The Labute approximate surface area is 170 Å². The van der Waals surface area contributed by atoms with Gasteiger partial charge in [0.05, 0.1) is 5.25 Å². The van der Waals surface area contributed by atoms with E-state index in [4.69, 9.17) is 12.6 Å². The first kappa shape index (κ1) is 18.4. The Bertz CT molecular complexity index is 1020. The Hall–Kier alpha value is -1.97. The molecule has 1 aliphatic carbocycles. The summed E-state index contributed by atoms with van der Waals surface area (Å²) in [5.74, 6) is 0.505. The molecule has 0 heterocycles. The number of fused-ring (bicyclic) bond motifs is 2. The van der Waals surface area contributed by atoms with Crippen LogP contribution in [-0.4, -0.2) is 5.78 Å². The first-order chi connectivity index (χ1) is 12.9. The number of carbonyl (C=O) groups is 1. The fourth-order valence-corrected chi connectivity index (χ4v) is 4.76. The smallest absolute Gasteiger partial charge is 0.193 e. The summed E-state index contributed by atoms with van der Waals surface area (Å²) in [6.45, 7) is 6.39. The Kier molecular flexibility index (Phi) is 4.92. The maximum absolute atomic E-state index is 13.2. The number of thiol groups is 1. The Morgan fingerprint density at radius 2 is 1.44 bits per heavy atom. The monoisotopic (exact) mass is 390 g/mol. The molecule has 4 rings (SSSR count). The van der Waals surface area contributed by atoms with Gasteiger partial charge in [-0.15, -0.1) is 0 Å². The minimum absolute atomic E-state index is 0.0627. The second-order valence-electron chi connectivity index (χ2n) is 7.40. The van der Waals surface area contributed by atoms with Crippen molar-refractivity contribution in [2.75, 3.05) is 0 Å². The van der Waals surface area contributed by atoms with Gasteiger partial charge in [-0.05, 0) is 59.9 Å². The van der Waals surface area contributed by atoms with Crippen molar-refractivity contribution in [2.45, 2.75) is 41.7 Å². The third-order valence-corrected chi connectivity index (χ3v) is 6.66. The Balaban J connectivity index is 1.72. The molecule has 27 heavy (non-hydrogen) atoms. The van der Waals surface area contributed by atoms with Crippen LogP contribution in [0.2, 0.25) is 0 Å². The van der Waals surface area contributed by atoms with Crippen molar-refractivity contribution in [1.29, 1.82) is 0 Å². The normalized spacial score (nSPS) is 15.6. The molecular formula is C24H22OS2. The highest BCUT2D eigenvalue weighted by Crippen LogP contribution is 2.41. The number of rotatable bonds is 3. The van der Waals surface area contributed by atoms with E-state index in [1.165, 1.54) is 16.0 Å². The molecule has 0 aromatic heterocycles. The summed E-state index contributed by atoms with van der Waals surface area (Å²) in [6.07, 6.45) is 0. The summed E-state index contributed by atoms with van der Waals surface area (Å²) in [7, 11) is 0. The summed E-state index contributed by atoms with van der Waals surface area (Å²) in [4.78, 5) is 15.5. The van der Waals surface area contributed by atoms with E-state index >= 15 is 0 Å². The van der Waals surface area contributed by atoms with Gasteiger partial charge in [0.15, 0.2) is 5.78 Å². The molecule has 0 aliphatic heterocycles. The first-order valence-electron chi connectivity index (χ1n) is 9.19. The molecule has 0 radical (unpaired) electrons. The average molecular weight is 391 g/mol. The zero-order chi connectivity index (χ0) is 19.1. The average Bonchev–Trinajstić information content (AvgIpc) is 2.67. The molecule has 1 unspecified atom stereocenters. The van der Waals surface area contributed by atoms with Crippen molar-refractivity contribution in [3.8, 4) is 0 Å². The lowest BCUT2D eigenvalue weighted by atomic mass is 9.83. The third kappa shape index (κ3) is 3.46. The van der Waals surface area contributed by atoms with Crippen LogP contribution in [0.1, 0.15) is 63.2 Å². The molecule has 1 atom stereocenters. The third-order valence-electron chi connectivity index (χ3n) is 5.10. The quantitative estimate of drug-likeness (QED) is 0.493. The van der Waals surface area contributed by atoms with Crippen molar-refractivity contribution in [3.63, 3.8) is 0 Å². The molecule has 0 fully saturated rings. The molecule has 136 valence electrons. The summed E-state index contributed by atoms with van der Waals surface area (Å²) >= 11 is 6.52. The topological polar surface area (TPSA) is 17.1 Å². The maximum Gasteiger partial charge on any atom is 0.193 e. The molecule has 1 aliphatic rings. The molecule has 1 nitrogen and oxygen atoms in total. The van der Waals surface area contributed by atoms with Crippen LogP contribution in [0.5, 0.6) is 0 Å². The summed E-state index contributed by atoms with van der Waals surface area (Å²) in [5, 5.41) is -0.0627. The molecule has 0 bridgehead atoms. The standard InChI is InChI=1S/C24H22OS2/c1-14(2)16-6-10-19-21(12-16)23(25)22-13-18(9-11-20(22)24(19)26)27-17-7-4-15(3)5-8-17/h4-14,24,26H,1-3H3. The van der Waals surface area contributed by atoms with E-state index in [1.807, 2.05) is 12.1 Å². The van der Waals surface area contributed by atoms with Crippen LogP contribution in [0.4, 0.5) is 0 Å². The fraction of sp³-hybridized carbons (Fsp3) is 0.208. The minimum Gasteiger partial charge on any atom is -0.289 e. The highest BCUT2D eigenvalue weighted by atomic mass is 32.2. The minimum atomic E-state index is -0.0627. The number of hydrogen-bond donors (Lipinski definition) is 1. The van der Waals surface area contributed by atoms with Crippen LogP contribution in [0.3, 0.4) is 0 Å². The molecule has 0 amide bonds. The Morgan fingerprint density at radius 3 is 2.11 bits per heavy atom. The SMILES string of the molecule is Cc1ccc(Sc2ccc3c(c2)C(=O)c2cc(C(C)C)ccc2C3S)cc1. The van der Waals surface area contributed by atoms with Crippen LogP contribution in [0.25, 0.3) is 0 Å². The van der Waals surface area contributed by atoms with Crippen molar-refractivity contribution >= 4 is 30.2 Å². The van der Waals surface area contributed by atoms with E-state index in [-0.39, 0.29) is 11.0 Å². The first-order valence-corrected chi connectivity index (χ1v) is 10.5. The van der Waals surface area contributed by atoms with Gasteiger partial charge in [0.1, 0.15) is 0 Å². The molecular weight excluding hydrogens is 368 g/mol. The number of hydrogen-bond acceptors (Lipinski definition) is 3. The summed E-state index contributed by atoms with van der Waals surface area (Å²) in [5.41, 5.74) is 6.03. The molecule has 0 saturated heterocycles. The fourth-order valence-electron chi connectivity index (χ4n) is 3.46. The van der Waals surface area contributed by atoms with Crippen LogP contribution >= 0.6 is 24.4 Å². The lowest BCUT2D eigenvalue weighted by molar-refractivity contribution is 0.103. The Morgan fingerprint density at radius 1 is 0.852 bits per heavy atom. The van der Waals surface area contributed by atoms with Gasteiger partial charge in [-0.25, -0.2) is 0 Å². The van der Waals surface area contributed by atoms with Gasteiger partial charge in [-0.2, -0.15) is 12.6 Å². The van der Waals surface area contributed by atoms with Crippen LogP contribution in [-0.2, 0) is 0 Å². The molecule has 3 aromatic rings. The molecule has 0 N–H and O–H groups in total. The van der Waals surface area contributed by atoms with Crippen LogP contribution in [0, 0.1) is 6.92 Å². The van der Waals surface area contributed by atoms with Crippen LogP contribution in [0.15, 0.2) is 70.5 Å². The van der Waals surface area contributed by atoms with Gasteiger partial charge < -0.3 is 0 Å². The second kappa shape index (κ2) is 7.21. The molecule has 0 spiro atoms. The van der Waals surface area contributed by atoms with E-state index in [9.17, 15) is 4.79 Å². The molecule has 3 heteroatoms. The number of carbonyl (C=O) groups excluding carboxylic acids is 1. The van der Waals surface area contributed by atoms with Crippen molar-refractivity contribution < 1.29 is 4.79 Å². The van der Waals surface area contributed by atoms with Crippen molar-refractivity contribution in [1.82, 2.24) is 0 Å². The van der Waals surface area contributed by atoms with Gasteiger partial charge in [0, 0.05) is 20.9 Å². The largest absolute Gasteiger partial charge is 0.289 e. The molecule has 0 saturated carbocycles. The van der Waals surface area contributed by atoms with Gasteiger partial charge in [0.25, 0.3) is 0 Å². The molecule has 3 aromatic carbocycles. The zero-order valence-corrected chi connectivity index (χ0v) is 17.4. The van der Waals surface area contributed by atoms with Gasteiger partial charge in [-0.1, -0.05) is 61.5 Å². The van der Waals surface area contributed by atoms with E-state index in [1.54, 1.807) is 11.8 Å². The maximum atomic E-state index is 13.2. The highest BCUT2D eigenvalue weighted by molar-refractivity contribution is 7.99. The predicted molar refractivity (Wildman–Crippen MR) is 117 cm³/mol. The lowest BCUT2D eigenvalue weighted by Gasteiger charge is -2.25. The van der Waals surface area contributed by atoms with Gasteiger partial charge in [0.2, 0.25) is 0 Å². The lowest BCUT2D eigenvalue weighted by Crippen LogP contribution is -2.17.